The Bertz CT molecular complexity index is 1210. The molecule has 1 fully saturated rings. The number of furan rings is 1. The molecule has 4 rings (SSSR count). The third-order valence-corrected chi connectivity index (χ3v) is 6.33. The van der Waals surface area contributed by atoms with E-state index in [1.807, 2.05) is 12.1 Å². The maximum Gasteiger partial charge on any atom is 0.227 e. The van der Waals surface area contributed by atoms with Gasteiger partial charge in [0.15, 0.2) is 17.3 Å². The summed E-state index contributed by atoms with van der Waals surface area (Å²) in [5.41, 5.74) is -0.0483. The molecule has 1 amide bonds. The lowest BCUT2D eigenvalue weighted by Gasteiger charge is -2.26. The third kappa shape index (κ3) is 5.51. The van der Waals surface area contributed by atoms with Crippen LogP contribution in [0, 0.1) is 6.92 Å². The normalized spacial score (nSPS) is 15.6. The molecule has 1 aliphatic heterocycles. The van der Waals surface area contributed by atoms with Gasteiger partial charge in [0, 0.05) is 19.0 Å². The van der Waals surface area contributed by atoms with Crippen LogP contribution < -0.4 is 15.5 Å². The van der Waals surface area contributed by atoms with Gasteiger partial charge in [0.25, 0.3) is 0 Å². The maximum atomic E-state index is 13.1. The molecule has 35 heavy (non-hydrogen) atoms. The molecule has 9 heteroatoms. The topological polar surface area (TPSA) is 125 Å². The van der Waals surface area contributed by atoms with Gasteiger partial charge in [-0.1, -0.05) is 6.07 Å². The number of aryl methyl sites for hydroxylation is 1. The molecule has 1 saturated heterocycles. The number of benzene rings is 1. The van der Waals surface area contributed by atoms with Crippen LogP contribution in [0.25, 0.3) is 0 Å². The molecular weight excluding hydrogens is 452 g/mol. The highest BCUT2D eigenvalue weighted by Gasteiger charge is 2.29. The zero-order valence-electron chi connectivity index (χ0n) is 19.8. The second kappa shape index (κ2) is 10.7. The van der Waals surface area contributed by atoms with Crippen molar-refractivity contribution in [3.8, 4) is 17.2 Å². The Morgan fingerprint density at radius 1 is 1.20 bits per heavy atom. The van der Waals surface area contributed by atoms with E-state index in [1.54, 1.807) is 25.3 Å². The number of amides is 1. The highest BCUT2D eigenvalue weighted by molar-refractivity contribution is 5.77. The van der Waals surface area contributed by atoms with Gasteiger partial charge in [0.2, 0.25) is 17.1 Å². The van der Waals surface area contributed by atoms with Gasteiger partial charge in [-0.15, -0.1) is 0 Å². The standard InChI is InChI=1S/C26H30N2O7/c1-16-12-21(30)25(32)26(35-16)18(17-7-8-20(29)23(13-17)33-2)14-24(31)27-15-19(22-6-5-11-34-22)28-9-3-4-10-28/h5-8,11-13,18-19,29,32H,3-4,9-10,14-15H2,1-2H3,(H,27,31)/t18-,19-/m1/s1. The first kappa shape index (κ1) is 24.4. The van der Waals surface area contributed by atoms with E-state index in [-0.39, 0.29) is 35.6 Å². The summed E-state index contributed by atoms with van der Waals surface area (Å²) < 4.78 is 16.6. The van der Waals surface area contributed by atoms with Crippen LogP contribution in [0.15, 0.2) is 56.3 Å². The molecule has 2 aromatic heterocycles. The summed E-state index contributed by atoms with van der Waals surface area (Å²) in [6, 6.07) is 9.44. The minimum atomic E-state index is -0.786. The summed E-state index contributed by atoms with van der Waals surface area (Å²) in [4.78, 5) is 27.7. The van der Waals surface area contributed by atoms with Gasteiger partial charge in [-0.05, 0) is 62.7 Å². The number of methoxy groups -OCH3 is 1. The van der Waals surface area contributed by atoms with Gasteiger partial charge in [-0.3, -0.25) is 14.5 Å². The van der Waals surface area contributed by atoms with E-state index in [1.165, 1.54) is 19.2 Å². The van der Waals surface area contributed by atoms with Crippen LogP contribution in [-0.4, -0.2) is 47.8 Å². The molecule has 0 aliphatic carbocycles. The van der Waals surface area contributed by atoms with Crippen molar-refractivity contribution in [1.29, 1.82) is 0 Å². The van der Waals surface area contributed by atoms with Crippen LogP contribution in [0.5, 0.6) is 17.2 Å². The fourth-order valence-electron chi connectivity index (χ4n) is 4.55. The van der Waals surface area contributed by atoms with Crippen LogP contribution in [0.2, 0.25) is 0 Å². The van der Waals surface area contributed by atoms with Gasteiger partial charge in [0.05, 0.1) is 25.3 Å². The lowest BCUT2D eigenvalue weighted by Crippen LogP contribution is -2.37. The minimum absolute atomic E-state index is 0.0139. The van der Waals surface area contributed by atoms with Gasteiger partial charge >= 0.3 is 0 Å². The van der Waals surface area contributed by atoms with Gasteiger partial charge in [-0.2, -0.15) is 0 Å². The molecule has 186 valence electrons. The van der Waals surface area contributed by atoms with Crippen molar-refractivity contribution in [2.45, 2.75) is 38.1 Å². The molecule has 3 N–H and O–H groups in total. The second-order valence-electron chi connectivity index (χ2n) is 8.70. The number of hydrogen-bond donors (Lipinski definition) is 3. The zero-order valence-corrected chi connectivity index (χ0v) is 19.8. The Morgan fingerprint density at radius 2 is 1.97 bits per heavy atom. The van der Waals surface area contributed by atoms with Crippen molar-refractivity contribution in [2.75, 3.05) is 26.7 Å². The van der Waals surface area contributed by atoms with Crippen molar-refractivity contribution in [3.63, 3.8) is 0 Å². The van der Waals surface area contributed by atoms with Crippen LogP contribution in [0.3, 0.4) is 0 Å². The summed E-state index contributed by atoms with van der Waals surface area (Å²) in [5.74, 6) is -0.408. The first-order valence-electron chi connectivity index (χ1n) is 11.6. The molecule has 0 unspecified atom stereocenters. The lowest BCUT2D eigenvalue weighted by molar-refractivity contribution is -0.121. The van der Waals surface area contributed by atoms with E-state index in [0.717, 1.165) is 31.7 Å². The summed E-state index contributed by atoms with van der Waals surface area (Å²) >= 11 is 0. The number of likely N-dealkylation sites (tertiary alicyclic amines) is 1. The van der Waals surface area contributed by atoms with Gasteiger partial charge < -0.3 is 29.1 Å². The number of ether oxygens (including phenoxy) is 1. The molecule has 1 aromatic carbocycles. The molecule has 1 aliphatic rings. The van der Waals surface area contributed by atoms with E-state index in [0.29, 0.717) is 17.9 Å². The SMILES string of the molecule is COc1cc([C@@H](CC(=O)NC[C@H](c2ccco2)N2CCCC2)c2oc(C)cc(=O)c2O)ccc1O. The summed E-state index contributed by atoms with van der Waals surface area (Å²) in [7, 11) is 1.41. The molecule has 3 heterocycles. The van der Waals surface area contributed by atoms with Crippen molar-refractivity contribution < 1.29 is 28.6 Å². The Kier molecular flexibility index (Phi) is 7.45. The molecule has 0 radical (unpaired) electrons. The predicted molar refractivity (Wildman–Crippen MR) is 128 cm³/mol. The zero-order chi connectivity index (χ0) is 24.9. The Labute approximate surface area is 202 Å². The molecule has 0 saturated carbocycles. The summed E-state index contributed by atoms with van der Waals surface area (Å²) in [5, 5.41) is 23.5. The van der Waals surface area contributed by atoms with Crippen LogP contribution in [0.4, 0.5) is 0 Å². The van der Waals surface area contributed by atoms with Crippen molar-refractivity contribution in [3.05, 3.63) is 75.7 Å². The molecule has 0 bridgehead atoms. The minimum Gasteiger partial charge on any atom is -0.504 e. The van der Waals surface area contributed by atoms with Crippen molar-refractivity contribution in [2.24, 2.45) is 0 Å². The molecule has 3 aromatic rings. The Morgan fingerprint density at radius 3 is 2.66 bits per heavy atom. The predicted octanol–water partition coefficient (Wildman–Crippen LogP) is 3.44. The van der Waals surface area contributed by atoms with E-state index in [2.05, 4.69) is 10.2 Å². The van der Waals surface area contributed by atoms with Crippen molar-refractivity contribution >= 4 is 5.91 Å². The monoisotopic (exact) mass is 482 g/mol. The highest BCUT2D eigenvalue weighted by atomic mass is 16.5. The van der Waals surface area contributed by atoms with E-state index in [4.69, 9.17) is 13.6 Å². The summed E-state index contributed by atoms with van der Waals surface area (Å²) in [6.07, 6.45) is 3.72. The number of nitrogens with zero attached hydrogens (tertiary/aromatic N) is 1. The molecule has 0 spiro atoms. The molecular formula is C26H30N2O7. The summed E-state index contributed by atoms with van der Waals surface area (Å²) in [6.45, 7) is 3.81. The average Bonchev–Trinajstić information content (AvgIpc) is 3.56. The van der Waals surface area contributed by atoms with E-state index in [9.17, 15) is 19.8 Å². The fourth-order valence-corrected chi connectivity index (χ4v) is 4.55. The molecule has 9 nitrogen and oxygen atoms in total. The largest absolute Gasteiger partial charge is 0.504 e. The fraction of sp³-hybridized carbons (Fsp3) is 0.385. The van der Waals surface area contributed by atoms with Crippen LogP contribution >= 0.6 is 0 Å². The number of hydrogen-bond acceptors (Lipinski definition) is 8. The number of phenolic OH excluding ortho intramolecular Hbond substituents is 1. The highest BCUT2D eigenvalue weighted by Crippen LogP contribution is 2.37. The smallest absolute Gasteiger partial charge is 0.227 e. The molecule has 2 atom stereocenters. The van der Waals surface area contributed by atoms with Gasteiger partial charge in [-0.25, -0.2) is 0 Å². The number of carbonyl (C=O) groups is 1. The number of rotatable bonds is 9. The first-order valence-corrected chi connectivity index (χ1v) is 11.6. The van der Waals surface area contributed by atoms with Crippen LogP contribution in [0.1, 0.15) is 54.1 Å². The van der Waals surface area contributed by atoms with E-state index < -0.39 is 17.1 Å². The van der Waals surface area contributed by atoms with Gasteiger partial charge in [0.1, 0.15) is 11.5 Å². The Balaban J connectivity index is 1.59. The average molecular weight is 483 g/mol. The lowest BCUT2D eigenvalue weighted by atomic mass is 9.91. The van der Waals surface area contributed by atoms with E-state index >= 15 is 0 Å². The number of carbonyl (C=O) groups excluding carboxylic acids is 1. The number of aromatic hydroxyl groups is 2. The maximum absolute atomic E-state index is 13.1. The second-order valence-corrected chi connectivity index (χ2v) is 8.70. The van der Waals surface area contributed by atoms with Crippen molar-refractivity contribution in [1.82, 2.24) is 10.2 Å². The number of nitrogens with one attached hydrogen (secondary N) is 1. The quantitative estimate of drug-likeness (QED) is 0.424. The van der Waals surface area contributed by atoms with Crippen LogP contribution in [-0.2, 0) is 4.79 Å². The first-order chi connectivity index (χ1) is 16.9. The number of phenols is 1. The Hall–Kier alpha value is -3.72. The third-order valence-electron chi connectivity index (χ3n) is 6.33.